The van der Waals surface area contributed by atoms with Crippen molar-refractivity contribution in [1.29, 1.82) is 5.26 Å². The summed E-state index contributed by atoms with van der Waals surface area (Å²) < 4.78 is 0. The zero-order valence-corrected chi connectivity index (χ0v) is 19.6. The van der Waals surface area contributed by atoms with E-state index in [1.54, 1.807) is 12.1 Å². The number of hydrogen-bond donors (Lipinski definition) is 0. The van der Waals surface area contributed by atoms with E-state index in [-0.39, 0.29) is 11.3 Å². The van der Waals surface area contributed by atoms with Crippen molar-refractivity contribution in [1.82, 2.24) is 0 Å². The van der Waals surface area contributed by atoms with Crippen molar-refractivity contribution in [2.45, 2.75) is 6.16 Å². The zero-order valence-electron chi connectivity index (χ0n) is 17.1. The van der Waals surface area contributed by atoms with Crippen molar-refractivity contribution in [3.05, 3.63) is 130 Å². The van der Waals surface area contributed by atoms with Crippen LogP contribution in [0.5, 0.6) is 0 Å². The Kier molecular flexibility index (Phi) is 5.93. The topological polar surface area (TPSA) is 66.9 Å². The third kappa shape index (κ3) is 3.62. The molecule has 6 heteroatoms. The van der Waals surface area contributed by atoms with E-state index >= 15 is 0 Å². The quantitative estimate of drug-likeness (QED) is 0.190. The van der Waals surface area contributed by atoms with Gasteiger partial charge in [-0.2, -0.15) is 0 Å². The molecule has 0 amide bonds. The van der Waals surface area contributed by atoms with Crippen LogP contribution in [-0.2, 0) is 6.16 Å². The van der Waals surface area contributed by atoms with Gasteiger partial charge in [0.2, 0.25) is 0 Å². The van der Waals surface area contributed by atoms with Crippen LogP contribution in [0, 0.1) is 21.4 Å². The molecule has 0 atom stereocenters. The number of nitrogens with zero attached hydrogens (tertiary/aromatic N) is 2. The summed E-state index contributed by atoms with van der Waals surface area (Å²) >= 11 is 4.36. The van der Waals surface area contributed by atoms with Gasteiger partial charge in [-0.15, -0.1) is 0 Å². The van der Waals surface area contributed by atoms with Crippen LogP contribution in [0.4, 0.5) is 5.69 Å². The second-order valence-corrected chi connectivity index (χ2v) is 16.5. The molecule has 0 N–H and O–H groups in total. The fourth-order valence-corrected chi connectivity index (χ4v) is 11.9. The van der Waals surface area contributed by atoms with Gasteiger partial charge < -0.3 is 0 Å². The number of rotatable bonds is 6. The fourth-order valence-electron chi connectivity index (χ4n) is 4.21. The van der Waals surface area contributed by atoms with E-state index in [0.29, 0.717) is 6.16 Å². The first-order valence-electron chi connectivity index (χ1n) is 10.0. The molecular weight excluding hydrogens is 483 g/mol. The molecule has 0 saturated carbocycles. The van der Waals surface area contributed by atoms with Gasteiger partial charge in [-0.3, -0.25) is 0 Å². The molecule has 0 fully saturated rings. The maximum absolute atomic E-state index is 11.4. The van der Waals surface area contributed by atoms with Gasteiger partial charge in [0.15, 0.2) is 0 Å². The molecule has 0 bridgehead atoms. The van der Waals surface area contributed by atoms with Gasteiger partial charge in [0.1, 0.15) is 0 Å². The SMILES string of the molecule is N#Cc1cc(CP(Br)(c2ccccc2)(c2ccccc2)c2ccccc2)ccc1[N+](=O)[O-]. The van der Waals surface area contributed by atoms with Crippen LogP contribution in [0.25, 0.3) is 0 Å². The van der Waals surface area contributed by atoms with Crippen molar-refractivity contribution < 1.29 is 4.92 Å². The van der Waals surface area contributed by atoms with Crippen LogP contribution in [0.1, 0.15) is 11.1 Å². The van der Waals surface area contributed by atoms with E-state index in [0.717, 1.165) is 21.5 Å². The molecule has 158 valence electrons. The van der Waals surface area contributed by atoms with Crippen LogP contribution < -0.4 is 15.9 Å². The predicted octanol–water partition coefficient (Wildman–Crippen LogP) is 5.81. The first-order valence-corrected chi connectivity index (χ1v) is 14.5. The van der Waals surface area contributed by atoms with Gasteiger partial charge in [-0.05, 0) is 0 Å². The average Bonchev–Trinajstić information content (AvgIpc) is 2.85. The minimum atomic E-state index is -3.23. The number of nitro groups is 1. The molecule has 0 unspecified atom stereocenters. The van der Waals surface area contributed by atoms with Gasteiger partial charge in [-0.25, -0.2) is 0 Å². The van der Waals surface area contributed by atoms with E-state index in [1.165, 1.54) is 6.07 Å². The molecule has 0 radical (unpaired) electrons. The predicted molar refractivity (Wildman–Crippen MR) is 136 cm³/mol. The molecule has 4 aromatic rings. The summed E-state index contributed by atoms with van der Waals surface area (Å²) in [4.78, 5) is 10.8. The number of halogens is 1. The summed E-state index contributed by atoms with van der Waals surface area (Å²) in [5.41, 5.74) is 0.753. The Morgan fingerprint density at radius 1 is 0.781 bits per heavy atom. The molecule has 0 saturated heterocycles. The van der Waals surface area contributed by atoms with Crippen LogP contribution >= 0.6 is 20.8 Å². The van der Waals surface area contributed by atoms with E-state index < -0.39 is 10.2 Å². The fraction of sp³-hybridized carbons (Fsp3) is 0.0385. The molecule has 0 heterocycles. The van der Waals surface area contributed by atoms with Crippen molar-refractivity contribution in [3.63, 3.8) is 0 Å². The Hall–Kier alpha value is -3.32. The summed E-state index contributed by atoms with van der Waals surface area (Å²) in [5, 5.41) is 21.1. The van der Waals surface area contributed by atoms with Crippen molar-refractivity contribution in [3.8, 4) is 6.07 Å². The second kappa shape index (κ2) is 8.67. The zero-order chi connectivity index (χ0) is 22.6. The molecule has 4 rings (SSSR count). The normalized spacial score (nSPS) is 12.3. The molecule has 0 aliphatic carbocycles. The molecule has 0 spiro atoms. The van der Waals surface area contributed by atoms with Gasteiger partial charge in [0, 0.05) is 0 Å². The third-order valence-corrected chi connectivity index (χ3v) is 15.3. The first kappa shape index (κ1) is 21.9. The summed E-state index contributed by atoms with van der Waals surface area (Å²) in [6.45, 7) is 0. The number of benzene rings is 4. The molecule has 0 aliphatic heterocycles. The summed E-state index contributed by atoms with van der Waals surface area (Å²) in [7, 11) is 0. The average molecular weight is 503 g/mol. The Labute approximate surface area is 195 Å². The van der Waals surface area contributed by atoms with E-state index in [1.807, 2.05) is 60.7 Å². The van der Waals surface area contributed by atoms with Crippen LogP contribution in [0.2, 0.25) is 0 Å². The monoisotopic (exact) mass is 502 g/mol. The van der Waals surface area contributed by atoms with Gasteiger partial charge in [-0.1, -0.05) is 0 Å². The molecule has 0 aliphatic rings. The van der Waals surface area contributed by atoms with Crippen LogP contribution in [-0.4, -0.2) is 4.92 Å². The maximum atomic E-state index is 11.4. The van der Waals surface area contributed by atoms with Crippen molar-refractivity contribution in [2.75, 3.05) is 0 Å². The first-order chi connectivity index (χ1) is 15.5. The molecule has 4 aromatic carbocycles. The van der Waals surface area contributed by atoms with Crippen molar-refractivity contribution in [2.24, 2.45) is 0 Å². The Morgan fingerprint density at radius 3 is 1.59 bits per heavy atom. The summed E-state index contributed by atoms with van der Waals surface area (Å²) in [5.74, 6) is 0. The summed E-state index contributed by atoms with van der Waals surface area (Å²) in [6.07, 6.45) is 0.566. The second-order valence-electron chi connectivity index (χ2n) is 7.57. The third-order valence-electron chi connectivity index (χ3n) is 5.74. The Morgan fingerprint density at radius 2 is 1.22 bits per heavy atom. The molecule has 32 heavy (non-hydrogen) atoms. The van der Waals surface area contributed by atoms with E-state index in [4.69, 9.17) is 0 Å². The van der Waals surface area contributed by atoms with Crippen LogP contribution in [0.3, 0.4) is 0 Å². The van der Waals surface area contributed by atoms with E-state index in [9.17, 15) is 15.4 Å². The molecule has 4 nitrogen and oxygen atoms in total. The number of nitriles is 1. The van der Waals surface area contributed by atoms with Gasteiger partial charge in [0.25, 0.3) is 0 Å². The van der Waals surface area contributed by atoms with Gasteiger partial charge in [0.05, 0.1) is 0 Å². The molecular formula is C26H20BrN2O2P. The van der Waals surface area contributed by atoms with Gasteiger partial charge >= 0.3 is 195 Å². The van der Waals surface area contributed by atoms with E-state index in [2.05, 4.69) is 51.9 Å². The Balaban J connectivity index is 2.05. The Bertz CT molecular complexity index is 1210. The number of nitro benzene ring substituents is 1. The van der Waals surface area contributed by atoms with Crippen molar-refractivity contribution >= 4 is 42.4 Å². The minimum absolute atomic E-state index is 0.0687. The standard InChI is InChI=1S/C26H20BrN2O2P/c27-32(23-10-4-1-5-11-23,24-12-6-2-7-13-24,25-14-8-3-9-15-25)20-21-16-17-26(29(30)31)22(18-21)19-28/h1-18H,20H2. The summed E-state index contributed by atoms with van der Waals surface area (Å²) in [6, 6.07) is 37.8. The number of hydrogen-bond acceptors (Lipinski definition) is 3. The molecule has 0 aromatic heterocycles. The van der Waals surface area contributed by atoms with Crippen LogP contribution in [0.15, 0.2) is 109 Å².